The van der Waals surface area contributed by atoms with Gasteiger partial charge in [-0.15, -0.1) is 0 Å². The van der Waals surface area contributed by atoms with Gasteiger partial charge >= 0.3 is 6.03 Å². The Kier molecular flexibility index (Phi) is 8.89. The Labute approximate surface area is 224 Å². The number of ether oxygens (including phenoxy) is 2. The van der Waals surface area contributed by atoms with Gasteiger partial charge in [-0.1, -0.05) is 25.1 Å². The zero-order chi connectivity index (χ0) is 27.2. The number of hydrogen-bond donors (Lipinski definition) is 2. The Bertz CT molecular complexity index is 1140. The highest BCUT2D eigenvalue weighted by Gasteiger charge is 2.33. The Morgan fingerprint density at radius 2 is 1.74 bits per heavy atom. The third-order valence-electron chi connectivity index (χ3n) is 7.22. The predicted octanol–water partition coefficient (Wildman–Crippen LogP) is 4.46. The summed E-state index contributed by atoms with van der Waals surface area (Å²) in [7, 11) is 3.37. The van der Waals surface area contributed by atoms with Gasteiger partial charge in [0.25, 0.3) is 5.91 Å². The molecule has 0 bridgehead atoms. The zero-order valence-corrected chi connectivity index (χ0v) is 22.6. The number of anilines is 2. The van der Waals surface area contributed by atoms with Crippen LogP contribution in [0.4, 0.5) is 16.2 Å². The van der Waals surface area contributed by atoms with Crippen molar-refractivity contribution in [2.24, 2.45) is 11.8 Å². The summed E-state index contributed by atoms with van der Waals surface area (Å²) in [5.74, 6) is 0.771. The normalized spacial score (nSPS) is 22.4. The maximum Gasteiger partial charge on any atom is 0.323 e. The van der Waals surface area contributed by atoms with E-state index in [4.69, 9.17) is 9.47 Å². The van der Waals surface area contributed by atoms with Gasteiger partial charge in [0.1, 0.15) is 12.4 Å². The van der Waals surface area contributed by atoms with Gasteiger partial charge in [0.05, 0.1) is 17.7 Å². The van der Waals surface area contributed by atoms with E-state index < -0.39 is 6.03 Å². The molecule has 0 aromatic heterocycles. The van der Waals surface area contributed by atoms with Crippen LogP contribution in [-0.4, -0.2) is 73.6 Å². The monoisotopic (exact) mass is 522 g/mol. The lowest BCUT2D eigenvalue weighted by Gasteiger charge is -2.36. The summed E-state index contributed by atoms with van der Waals surface area (Å²) in [6.07, 6.45) is 2.52. The number of para-hydroxylation sites is 1. The topological polar surface area (TPSA) is 100 Å². The standard InChI is InChI=1S/C29H38N4O5/c1-19-16-33(27(34)14-21-10-11-21)20(2)18-38-25-15-23(31-29(36)30-22-8-6-5-7-9-22)12-13-24(25)28(35)32(3)17-26(19)37-4/h5-9,12-13,15,19-21,26H,10-11,14,16-18H2,1-4H3,(H2,30,31,36)/t19-,20+,26-/m1/s1. The summed E-state index contributed by atoms with van der Waals surface area (Å²) in [5.41, 5.74) is 1.53. The van der Waals surface area contributed by atoms with Gasteiger partial charge in [0.2, 0.25) is 5.91 Å². The van der Waals surface area contributed by atoms with Crippen LogP contribution in [0.25, 0.3) is 0 Å². The summed E-state index contributed by atoms with van der Waals surface area (Å²) in [4.78, 5) is 42.7. The van der Waals surface area contributed by atoms with E-state index in [-0.39, 0.29) is 36.5 Å². The first-order valence-electron chi connectivity index (χ1n) is 13.2. The molecule has 2 aromatic carbocycles. The van der Waals surface area contributed by atoms with E-state index in [9.17, 15) is 14.4 Å². The fourth-order valence-electron chi connectivity index (χ4n) is 4.70. The molecule has 9 heteroatoms. The first-order valence-corrected chi connectivity index (χ1v) is 13.2. The molecule has 38 heavy (non-hydrogen) atoms. The second-order valence-electron chi connectivity index (χ2n) is 10.4. The van der Waals surface area contributed by atoms with Crippen LogP contribution >= 0.6 is 0 Å². The van der Waals surface area contributed by atoms with E-state index in [0.29, 0.717) is 48.1 Å². The second-order valence-corrected chi connectivity index (χ2v) is 10.4. The summed E-state index contributed by atoms with van der Waals surface area (Å²) in [5, 5.41) is 5.58. The van der Waals surface area contributed by atoms with Crippen LogP contribution in [0.5, 0.6) is 5.75 Å². The van der Waals surface area contributed by atoms with Crippen molar-refractivity contribution >= 4 is 29.2 Å². The van der Waals surface area contributed by atoms with Crippen molar-refractivity contribution in [3.8, 4) is 5.75 Å². The van der Waals surface area contributed by atoms with Crippen LogP contribution < -0.4 is 15.4 Å². The molecule has 1 aliphatic heterocycles. The van der Waals surface area contributed by atoms with E-state index in [1.165, 1.54) is 0 Å². The number of amides is 4. The smallest absolute Gasteiger partial charge is 0.323 e. The van der Waals surface area contributed by atoms with Crippen molar-refractivity contribution in [2.75, 3.05) is 44.5 Å². The van der Waals surface area contributed by atoms with Crippen molar-refractivity contribution in [3.05, 3.63) is 54.1 Å². The molecular formula is C29H38N4O5. The van der Waals surface area contributed by atoms with Crippen molar-refractivity contribution in [3.63, 3.8) is 0 Å². The molecule has 0 radical (unpaired) electrons. The lowest BCUT2D eigenvalue weighted by Crippen LogP contribution is -2.48. The molecule has 2 aromatic rings. The van der Waals surface area contributed by atoms with Gasteiger partial charge in [-0.05, 0) is 49.9 Å². The van der Waals surface area contributed by atoms with Crippen LogP contribution in [0.15, 0.2) is 48.5 Å². The van der Waals surface area contributed by atoms with Crippen molar-refractivity contribution in [1.29, 1.82) is 0 Å². The number of hydrogen-bond acceptors (Lipinski definition) is 5. The number of nitrogens with zero attached hydrogens (tertiary/aromatic N) is 2. The van der Waals surface area contributed by atoms with E-state index >= 15 is 0 Å². The molecule has 9 nitrogen and oxygen atoms in total. The van der Waals surface area contributed by atoms with Gasteiger partial charge < -0.3 is 29.9 Å². The number of carbonyl (C=O) groups is 3. The maximum absolute atomic E-state index is 13.4. The van der Waals surface area contributed by atoms with E-state index in [2.05, 4.69) is 17.6 Å². The predicted molar refractivity (Wildman–Crippen MR) is 146 cm³/mol. The minimum Gasteiger partial charge on any atom is -0.491 e. The molecule has 4 amide bonds. The molecule has 204 valence electrons. The quantitative estimate of drug-likeness (QED) is 0.604. The van der Waals surface area contributed by atoms with Gasteiger partial charge in [-0.2, -0.15) is 0 Å². The number of fused-ring (bicyclic) bond motifs is 1. The molecule has 0 spiro atoms. The van der Waals surface area contributed by atoms with Crippen LogP contribution in [0.2, 0.25) is 0 Å². The highest BCUT2D eigenvalue weighted by atomic mass is 16.5. The fraction of sp³-hybridized carbons (Fsp3) is 0.483. The molecule has 1 fully saturated rings. The van der Waals surface area contributed by atoms with E-state index in [0.717, 1.165) is 12.8 Å². The number of rotatable bonds is 5. The molecule has 1 saturated carbocycles. The number of nitrogens with one attached hydrogen (secondary N) is 2. The van der Waals surface area contributed by atoms with Gasteiger partial charge in [0, 0.05) is 57.0 Å². The Morgan fingerprint density at radius 3 is 2.42 bits per heavy atom. The Hall–Kier alpha value is -3.59. The summed E-state index contributed by atoms with van der Waals surface area (Å²) in [6.45, 7) is 5.12. The molecule has 4 rings (SSSR count). The van der Waals surface area contributed by atoms with Crippen molar-refractivity contribution < 1.29 is 23.9 Å². The number of carbonyl (C=O) groups excluding carboxylic acids is 3. The van der Waals surface area contributed by atoms with Crippen LogP contribution in [-0.2, 0) is 9.53 Å². The van der Waals surface area contributed by atoms with Crippen LogP contribution in [0.3, 0.4) is 0 Å². The maximum atomic E-state index is 13.4. The minimum absolute atomic E-state index is 0.0226. The highest BCUT2D eigenvalue weighted by molar-refractivity contribution is 6.01. The van der Waals surface area contributed by atoms with Crippen LogP contribution in [0, 0.1) is 11.8 Å². The molecule has 2 N–H and O–H groups in total. The van der Waals surface area contributed by atoms with Gasteiger partial charge in [-0.25, -0.2) is 4.79 Å². The lowest BCUT2D eigenvalue weighted by atomic mass is 10.0. The van der Waals surface area contributed by atoms with Gasteiger partial charge in [0.15, 0.2) is 0 Å². The third-order valence-corrected chi connectivity index (χ3v) is 7.22. The summed E-state index contributed by atoms with van der Waals surface area (Å²) >= 11 is 0. The first-order chi connectivity index (χ1) is 18.2. The molecule has 1 heterocycles. The van der Waals surface area contributed by atoms with E-state index in [1.54, 1.807) is 49.4 Å². The molecule has 1 aliphatic carbocycles. The summed E-state index contributed by atoms with van der Waals surface area (Å²) in [6, 6.07) is 13.5. The fourth-order valence-corrected chi connectivity index (χ4v) is 4.70. The number of urea groups is 1. The van der Waals surface area contributed by atoms with Crippen molar-refractivity contribution in [2.45, 2.75) is 45.3 Å². The zero-order valence-electron chi connectivity index (χ0n) is 22.6. The molecule has 0 saturated heterocycles. The average Bonchev–Trinajstić information content (AvgIpc) is 3.72. The molecule has 2 aliphatic rings. The Balaban J connectivity index is 1.58. The number of likely N-dealkylation sites (N-methyl/N-ethyl adjacent to an activating group) is 1. The SMILES string of the molecule is CO[C@@H]1CN(C)C(=O)c2ccc(NC(=O)Nc3ccccc3)cc2OC[C@H](C)N(C(=O)CC2CC2)C[C@H]1C. The third kappa shape index (κ3) is 7.04. The Morgan fingerprint density at radius 1 is 1.03 bits per heavy atom. The first kappa shape index (κ1) is 27.4. The summed E-state index contributed by atoms with van der Waals surface area (Å²) < 4.78 is 11.9. The molecule has 0 unspecified atom stereocenters. The van der Waals surface area contributed by atoms with Crippen molar-refractivity contribution in [1.82, 2.24) is 9.80 Å². The largest absolute Gasteiger partial charge is 0.491 e. The number of methoxy groups -OCH3 is 1. The number of benzene rings is 2. The van der Waals surface area contributed by atoms with E-state index in [1.807, 2.05) is 30.0 Å². The molecule has 3 atom stereocenters. The second kappa shape index (κ2) is 12.3. The van der Waals surface area contributed by atoms with Crippen LogP contribution in [0.1, 0.15) is 43.5 Å². The van der Waals surface area contributed by atoms with Gasteiger partial charge in [-0.3, -0.25) is 9.59 Å². The average molecular weight is 523 g/mol. The highest BCUT2D eigenvalue weighted by Crippen LogP contribution is 2.33. The lowest BCUT2D eigenvalue weighted by molar-refractivity contribution is -0.135. The molecular weight excluding hydrogens is 484 g/mol. The minimum atomic E-state index is -0.408.